The summed E-state index contributed by atoms with van der Waals surface area (Å²) in [7, 11) is 0. The van der Waals surface area contributed by atoms with E-state index < -0.39 is 0 Å². The third kappa shape index (κ3) is 5.26. The molecule has 8 heteroatoms. The molecule has 0 radical (unpaired) electrons. The first-order valence-electron chi connectivity index (χ1n) is 9.44. The number of carbonyl (C=O) groups excluding carboxylic acids is 1. The lowest BCUT2D eigenvalue weighted by Gasteiger charge is -2.38. The molecule has 0 aromatic carbocycles. The van der Waals surface area contributed by atoms with Crippen molar-refractivity contribution in [2.45, 2.75) is 19.9 Å². The molecule has 0 spiro atoms. The molecule has 1 aliphatic heterocycles. The molecule has 1 amide bonds. The molecule has 2 aromatic rings. The van der Waals surface area contributed by atoms with Crippen LogP contribution in [0, 0.1) is 5.92 Å². The van der Waals surface area contributed by atoms with Gasteiger partial charge in [0, 0.05) is 68.4 Å². The zero-order valence-electron chi connectivity index (χ0n) is 16.2. The van der Waals surface area contributed by atoms with Crippen LogP contribution < -0.4 is 16.2 Å². The van der Waals surface area contributed by atoms with Crippen molar-refractivity contribution in [3.63, 3.8) is 0 Å². The lowest BCUT2D eigenvalue weighted by molar-refractivity contribution is -0.131. The van der Waals surface area contributed by atoms with Crippen LogP contribution in [0.3, 0.4) is 0 Å². The Morgan fingerprint density at radius 1 is 1.39 bits per heavy atom. The number of nitrogens with zero attached hydrogens (tertiary/aromatic N) is 3. The molecule has 8 nitrogen and oxygen atoms in total. The van der Waals surface area contributed by atoms with E-state index in [1.54, 1.807) is 41.8 Å². The molecule has 148 valence electrons. The molecule has 1 fully saturated rings. The molecule has 1 saturated heterocycles. The van der Waals surface area contributed by atoms with E-state index in [4.69, 9.17) is 0 Å². The Kier molecular flexibility index (Phi) is 6.54. The Balaban J connectivity index is 1.47. The third-order valence-corrected chi connectivity index (χ3v) is 4.52. The Bertz CT molecular complexity index is 872. The largest absolute Gasteiger partial charge is 0.380 e. The molecule has 0 unspecified atom stereocenters. The van der Waals surface area contributed by atoms with Gasteiger partial charge in [-0.1, -0.05) is 19.9 Å². The lowest BCUT2D eigenvalue weighted by atomic mass is 10.00. The highest BCUT2D eigenvalue weighted by atomic mass is 16.2. The van der Waals surface area contributed by atoms with Gasteiger partial charge in [0.25, 0.3) is 5.56 Å². The number of aromatic nitrogens is 3. The van der Waals surface area contributed by atoms with Gasteiger partial charge >= 0.3 is 0 Å². The maximum Gasteiger partial charge on any atom is 0.271 e. The number of nitrogens with one attached hydrogen (secondary N) is 3. The first-order valence-corrected chi connectivity index (χ1v) is 9.44. The average molecular weight is 382 g/mol. The second-order valence-corrected chi connectivity index (χ2v) is 7.18. The van der Waals surface area contributed by atoms with Gasteiger partial charge in [-0.15, -0.1) is 0 Å². The summed E-state index contributed by atoms with van der Waals surface area (Å²) < 4.78 is 0. The highest BCUT2D eigenvalue weighted by Gasteiger charge is 2.29. The third-order valence-electron chi connectivity index (χ3n) is 4.52. The van der Waals surface area contributed by atoms with Gasteiger partial charge in [0.2, 0.25) is 5.91 Å². The normalized spacial score (nSPS) is 14.5. The van der Waals surface area contributed by atoms with E-state index in [2.05, 4.69) is 39.4 Å². The molecule has 1 aliphatic rings. The van der Waals surface area contributed by atoms with Crippen molar-refractivity contribution in [3.05, 3.63) is 53.4 Å². The fraction of sp³-hybridized carbons (Fsp3) is 0.400. The van der Waals surface area contributed by atoms with Gasteiger partial charge in [-0.25, -0.2) is 0 Å². The minimum absolute atomic E-state index is 0.0318. The number of H-pyrrole nitrogens is 1. The summed E-state index contributed by atoms with van der Waals surface area (Å²) >= 11 is 0. The van der Waals surface area contributed by atoms with Crippen molar-refractivity contribution in [3.8, 4) is 11.3 Å². The maximum atomic E-state index is 12.1. The molecule has 0 bridgehead atoms. The molecule has 3 N–H and O–H groups in total. The summed E-state index contributed by atoms with van der Waals surface area (Å²) in [6.07, 6.45) is 9.97. The molecule has 28 heavy (non-hydrogen) atoms. The van der Waals surface area contributed by atoms with Crippen LogP contribution in [0.25, 0.3) is 11.3 Å². The van der Waals surface area contributed by atoms with Gasteiger partial charge in [0.15, 0.2) is 0 Å². The summed E-state index contributed by atoms with van der Waals surface area (Å²) in [6.45, 7) is 6.83. The molecular weight excluding hydrogens is 356 g/mol. The zero-order chi connectivity index (χ0) is 19.9. The Hall–Kier alpha value is -3.00. The SMILES string of the molecule is CC(C)NC/C=C/C(=O)N1CC(CNc2cc(-c3cnccn3)c[nH]c2=O)C1. The molecule has 2 aromatic heterocycles. The predicted octanol–water partition coefficient (Wildman–Crippen LogP) is 1.26. The van der Waals surface area contributed by atoms with Crippen LogP contribution in [-0.4, -0.2) is 58.0 Å². The van der Waals surface area contributed by atoms with Gasteiger partial charge in [-0.2, -0.15) is 0 Å². The molecule has 3 heterocycles. The van der Waals surface area contributed by atoms with Crippen molar-refractivity contribution in [2.75, 3.05) is 31.5 Å². The van der Waals surface area contributed by atoms with Crippen molar-refractivity contribution < 1.29 is 4.79 Å². The topological polar surface area (TPSA) is 103 Å². The second-order valence-electron chi connectivity index (χ2n) is 7.18. The minimum Gasteiger partial charge on any atom is -0.380 e. The summed E-state index contributed by atoms with van der Waals surface area (Å²) in [5.74, 6) is 0.356. The highest BCUT2D eigenvalue weighted by Crippen LogP contribution is 2.19. The van der Waals surface area contributed by atoms with Gasteiger partial charge in [-0.05, 0) is 6.07 Å². The van der Waals surface area contributed by atoms with E-state index in [1.165, 1.54) is 0 Å². The van der Waals surface area contributed by atoms with Crippen LogP contribution >= 0.6 is 0 Å². The summed E-state index contributed by atoms with van der Waals surface area (Å²) in [5.41, 5.74) is 1.80. The number of rotatable bonds is 8. The summed E-state index contributed by atoms with van der Waals surface area (Å²) in [6, 6.07) is 2.17. The van der Waals surface area contributed by atoms with Crippen LogP contribution in [-0.2, 0) is 4.79 Å². The first kappa shape index (κ1) is 19.8. The number of pyridine rings is 1. The van der Waals surface area contributed by atoms with Gasteiger partial charge in [0.1, 0.15) is 5.69 Å². The Morgan fingerprint density at radius 2 is 2.21 bits per heavy atom. The van der Waals surface area contributed by atoms with Crippen LogP contribution in [0.15, 0.2) is 47.8 Å². The minimum atomic E-state index is -0.180. The van der Waals surface area contributed by atoms with Crippen LogP contribution in [0.4, 0.5) is 5.69 Å². The second kappa shape index (κ2) is 9.27. The number of carbonyl (C=O) groups is 1. The smallest absolute Gasteiger partial charge is 0.271 e. The maximum absolute atomic E-state index is 12.1. The number of hydrogen-bond donors (Lipinski definition) is 3. The van der Waals surface area contributed by atoms with Crippen LogP contribution in [0.1, 0.15) is 13.8 Å². The molecule has 0 aliphatic carbocycles. The molecule has 0 saturated carbocycles. The average Bonchev–Trinajstić information content (AvgIpc) is 2.66. The monoisotopic (exact) mass is 382 g/mol. The van der Waals surface area contributed by atoms with Gasteiger partial charge < -0.3 is 20.5 Å². The van der Waals surface area contributed by atoms with Crippen LogP contribution in [0.2, 0.25) is 0 Å². The number of hydrogen-bond acceptors (Lipinski definition) is 6. The van der Waals surface area contributed by atoms with E-state index in [0.29, 0.717) is 49.5 Å². The standard InChI is InChI=1S/C20H26N6O2/c1-14(2)22-5-3-4-19(27)26-12-15(13-26)9-24-17-8-16(10-25-20(17)28)18-11-21-6-7-23-18/h3-4,6-8,10-11,14-15,22,24H,5,9,12-13H2,1-2H3,(H,25,28)/b4-3+. The molecule has 3 rings (SSSR count). The van der Waals surface area contributed by atoms with Gasteiger partial charge in [-0.3, -0.25) is 19.6 Å². The molecule has 0 atom stereocenters. The Labute approximate surface area is 164 Å². The lowest BCUT2D eigenvalue weighted by Crippen LogP contribution is -2.52. The number of anilines is 1. The first-order chi connectivity index (χ1) is 13.5. The van der Waals surface area contributed by atoms with E-state index in [0.717, 1.165) is 5.56 Å². The van der Waals surface area contributed by atoms with E-state index in [1.807, 2.05) is 6.08 Å². The van der Waals surface area contributed by atoms with E-state index in [9.17, 15) is 9.59 Å². The van der Waals surface area contributed by atoms with Crippen molar-refractivity contribution in [1.82, 2.24) is 25.2 Å². The number of amides is 1. The Morgan fingerprint density at radius 3 is 2.93 bits per heavy atom. The fourth-order valence-electron chi connectivity index (χ4n) is 2.91. The number of aromatic amines is 1. The van der Waals surface area contributed by atoms with Crippen molar-refractivity contribution in [1.29, 1.82) is 0 Å². The quantitative estimate of drug-likeness (QED) is 0.594. The van der Waals surface area contributed by atoms with Gasteiger partial charge in [0.05, 0.1) is 11.9 Å². The number of likely N-dealkylation sites (tertiary alicyclic amines) is 1. The van der Waals surface area contributed by atoms with Crippen molar-refractivity contribution in [2.24, 2.45) is 5.92 Å². The summed E-state index contributed by atoms with van der Waals surface area (Å²) in [5, 5.41) is 6.43. The highest BCUT2D eigenvalue weighted by molar-refractivity contribution is 5.88. The van der Waals surface area contributed by atoms with E-state index in [-0.39, 0.29) is 11.5 Å². The van der Waals surface area contributed by atoms with E-state index >= 15 is 0 Å². The fourth-order valence-corrected chi connectivity index (χ4v) is 2.91. The van der Waals surface area contributed by atoms with Crippen LogP contribution in [0.5, 0.6) is 0 Å². The predicted molar refractivity (Wildman–Crippen MR) is 109 cm³/mol. The van der Waals surface area contributed by atoms with Crippen molar-refractivity contribution >= 4 is 11.6 Å². The summed E-state index contributed by atoms with van der Waals surface area (Å²) in [4.78, 5) is 36.9. The zero-order valence-corrected chi connectivity index (χ0v) is 16.2. The molecular formula is C20H26N6O2.